The third-order valence-electron chi connectivity index (χ3n) is 5.06. The molecule has 2 aromatic rings. The lowest BCUT2D eigenvalue weighted by Gasteiger charge is -2.18. The van der Waals surface area contributed by atoms with Gasteiger partial charge in [0.1, 0.15) is 0 Å². The number of nitrogens with one attached hydrogen (secondary N) is 2. The van der Waals surface area contributed by atoms with E-state index in [1.807, 2.05) is 30.3 Å². The second-order valence-corrected chi connectivity index (χ2v) is 6.89. The highest BCUT2D eigenvalue weighted by Gasteiger charge is 2.38. The maximum Gasteiger partial charge on any atom is 0.319 e. The molecule has 120 valence electrons. The van der Waals surface area contributed by atoms with E-state index in [4.69, 9.17) is 0 Å². The lowest BCUT2D eigenvalue weighted by atomic mass is 10.1. The van der Waals surface area contributed by atoms with Crippen LogP contribution < -0.4 is 10.6 Å². The largest absolute Gasteiger partial charge is 0.334 e. The molecule has 1 aliphatic carbocycles. The molecule has 0 bridgehead atoms. The predicted octanol–water partition coefficient (Wildman–Crippen LogP) is 3.44. The van der Waals surface area contributed by atoms with Crippen LogP contribution in [0.3, 0.4) is 0 Å². The van der Waals surface area contributed by atoms with Crippen molar-refractivity contribution in [3.63, 3.8) is 0 Å². The maximum atomic E-state index is 12.4. The SMILES string of the molecule is C[C@H]1CN(C2CC2)C[C@@H]1NC(=O)Nc1cccc2ccccc12. The first kappa shape index (κ1) is 14.5. The van der Waals surface area contributed by atoms with Crippen LogP contribution in [-0.2, 0) is 0 Å². The van der Waals surface area contributed by atoms with Crippen LogP contribution in [-0.4, -0.2) is 36.1 Å². The molecule has 1 heterocycles. The first-order valence-corrected chi connectivity index (χ1v) is 8.50. The van der Waals surface area contributed by atoms with Gasteiger partial charge in [0, 0.05) is 30.6 Å². The van der Waals surface area contributed by atoms with Crippen LogP contribution in [0.1, 0.15) is 19.8 Å². The number of nitrogens with zero attached hydrogens (tertiary/aromatic N) is 1. The number of fused-ring (bicyclic) bond motifs is 1. The Bertz CT molecular complexity index is 720. The zero-order chi connectivity index (χ0) is 15.8. The molecule has 2 amide bonds. The number of anilines is 1. The van der Waals surface area contributed by atoms with Crippen LogP contribution in [0.25, 0.3) is 10.8 Å². The maximum absolute atomic E-state index is 12.4. The Morgan fingerprint density at radius 1 is 1.09 bits per heavy atom. The highest BCUT2D eigenvalue weighted by Crippen LogP contribution is 2.31. The van der Waals surface area contributed by atoms with E-state index in [0.717, 1.165) is 35.6 Å². The number of urea groups is 1. The lowest BCUT2D eigenvalue weighted by Crippen LogP contribution is -2.42. The highest BCUT2D eigenvalue weighted by molar-refractivity contribution is 6.01. The van der Waals surface area contributed by atoms with Crippen LogP contribution >= 0.6 is 0 Å². The lowest BCUT2D eigenvalue weighted by molar-refractivity contribution is 0.246. The molecule has 1 saturated heterocycles. The fourth-order valence-electron chi connectivity index (χ4n) is 3.59. The molecule has 2 atom stereocenters. The summed E-state index contributed by atoms with van der Waals surface area (Å²) in [5.74, 6) is 0.508. The van der Waals surface area contributed by atoms with Crippen molar-refractivity contribution in [2.24, 2.45) is 5.92 Å². The van der Waals surface area contributed by atoms with E-state index in [2.05, 4.69) is 34.6 Å². The molecule has 4 nitrogen and oxygen atoms in total. The summed E-state index contributed by atoms with van der Waals surface area (Å²) < 4.78 is 0. The quantitative estimate of drug-likeness (QED) is 0.912. The van der Waals surface area contributed by atoms with Crippen molar-refractivity contribution >= 4 is 22.5 Å². The molecule has 0 spiro atoms. The van der Waals surface area contributed by atoms with Gasteiger partial charge >= 0.3 is 6.03 Å². The second-order valence-electron chi connectivity index (χ2n) is 6.89. The minimum atomic E-state index is -0.101. The standard InChI is InChI=1S/C19H23N3O/c1-13-11-22(15-9-10-15)12-18(13)21-19(23)20-17-8-4-6-14-5-2-3-7-16(14)17/h2-8,13,15,18H,9-12H2,1H3,(H2,20,21,23)/t13-,18-/m0/s1. The molecule has 23 heavy (non-hydrogen) atoms. The van der Waals surface area contributed by atoms with Gasteiger partial charge in [-0.3, -0.25) is 4.90 Å². The summed E-state index contributed by atoms with van der Waals surface area (Å²) in [6.45, 7) is 4.31. The third kappa shape index (κ3) is 3.04. The zero-order valence-electron chi connectivity index (χ0n) is 13.5. The summed E-state index contributed by atoms with van der Waals surface area (Å²) in [5, 5.41) is 8.40. The Morgan fingerprint density at radius 2 is 1.87 bits per heavy atom. The van der Waals surface area contributed by atoms with E-state index in [9.17, 15) is 4.79 Å². The number of carbonyl (C=O) groups excluding carboxylic acids is 1. The molecular weight excluding hydrogens is 286 g/mol. The molecule has 0 aromatic heterocycles. The number of carbonyl (C=O) groups is 1. The van der Waals surface area contributed by atoms with Gasteiger partial charge in [0.15, 0.2) is 0 Å². The Labute approximate surface area is 136 Å². The van der Waals surface area contributed by atoms with Crippen LogP contribution in [0.4, 0.5) is 10.5 Å². The van der Waals surface area contributed by atoms with Gasteiger partial charge in [-0.05, 0) is 30.2 Å². The summed E-state index contributed by atoms with van der Waals surface area (Å²) in [6, 6.07) is 15.0. The number of hydrogen-bond acceptors (Lipinski definition) is 2. The van der Waals surface area contributed by atoms with Gasteiger partial charge in [-0.15, -0.1) is 0 Å². The van der Waals surface area contributed by atoms with Crippen molar-refractivity contribution in [2.45, 2.75) is 31.8 Å². The molecule has 4 heteroatoms. The Balaban J connectivity index is 1.43. The molecule has 2 fully saturated rings. The summed E-state index contributed by atoms with van der Waals surface area (Å²) in [6.07, 6.45) is 2.64. The van der Waals surface area contributed by atoms with Crippen LogP contribution in [0.5, 0.6) is 0 Å². The van der Waals surface area contributed by atoms with E-state index in [0.29, 0.717) is 5.92 Å². The Kier molecular flexibility index (Phi) is 3.69. The second kappa shape index (κ2) is 5.85. The minimum absolute atomic E-state index is 0.101. The van der Waals surface area contributed by atoms with E-state index >= 15 is 0 Å². The molecule has 1 aliphatic heterocycles. The first-order valence-electron chi connectivity index (χ1n) is 8.50. The topological polar surface area (TPSA) is 44.4 Å². The third-order valence-corrected chi connectivity index (χ3v) is 5.06. The van der Waals surface area contributed by atoms with E-state index in [1.54, 1.807) is 0 Å². The van der Waals surface area contributed by atoms with Crippen molar-refractivity contribution < 1.29 is 4.79 Å². The van der Waals surface area contributed by atoms with Gasteiger partial charge in [0.2, 0.25) is 0 Å². The van der Waals surface area contributed by atoms with E-state index in [-0.39, 0.29) is 12.1 Å². The number of hydrogen-bond donors (Lipinski definition) is 2. The molecule has 2 aromatic carbocycles. The normalized spacial score (nSPS) is 24.7. The van der Waals surface area contributed by atoms with Crippen molar-refractivity contribution in [3.8, 4) is 0 Å². The number of rotatable bonds is 3. The average Bonchev–Trinajstić information content (AvgIpc) is 3.33. The summed E-state index contributed by atoms with van der Waals surface area (Å²) in [4.78, 5) is 14.9. The van der Waals surface area contributed by atoms with Gasteiger partial charge in [0.25, 0.3) is 0 Å². The van der Waals surface area contributed by atoms with Crippen LogP contribution in [0, 0.1) is 5.92 Å². The molecule has 0 unspecified atom stereocenters. The molecule has 0 radical (unpaired) electrons. The predicted molar refractivity (Wildman–Crippen MR) is 93.6 cm³/mol. The summed E-state index contributed by atoms with van der Waals surface area (Å²) >= 11 is 0. The van der Waals surface area contributed by atoms with Crippen molar-refractivity contribution in [1.82, 2.24) is 10.2 Å². The smallest absolute Gasteiger partial charge is 0.319 e. The van der Waals surface area contributed by atoms with Crippen molar-refractivity contribution in [2.75, 3.05) is 18.4 Å². The van der Waals surface area contributed by atoms with Gasteiger partial charge in [-0.25, -0.2) is 4.79 Å². The van der Waals surface area contributed by atoms with Crippen LogP contribution in [0.15, 0.2) is 42.5 Å². The monoisotopic (exact) mass is 309 g/mol. The van der Waals surface area contributed by atoms with Crippen molar-refractivity contribution in [3.05, 3.63) is 42.5 Å². The summed E-state index contributed by atoms with van der Waals surface area (Å²) in [7, 11) is 0. The zero-order valence-corrected chi connectivity index (χ0v) is 13.5. The molecule has 1 saturated carbocycles. The molecule has 2 N–H and O–H groups in total. The molecule has 4 rings (SSSR count). The van der Waals surface area contributed by atoms with Crippen LogP contribution in [0.2, 0.25) is 0 Å². The Hall–Kier alpha value is -2.07. The Morgan fingerprint density at radius 3 is 2.70 bits per heavy atom. The van der Waals surface area contributed by atoms with E-state index in [1.165, 1.54) is 12.8 Å². The minimum Gasteiger partial charge on any atom is -0.334 e. The number of amides is 2. The first-order chi connectivity index (χ1) is 11.2. The van der Waals surface area contributed by atoms with Gasteiger partial charge in [0.05, 0.1) is 5.69 Å². The van der Waals surface area contributed by atoms with Crippen molar-refractivity contribution in [1.29, 1.82) is 0 Å². The average molecular weight is 309 g/mol. The summed E-state index contributed by atoms with van der Waals surface area (Å²) in [5.41, 5.74) is 0.866. The van der Waals surface area contributed by atoms with Gasteiger partial charge < -0.3 is 10.6 Å². The molecular formula is C19H23N3O. The van der Waals surface area contributed by atoms with Gasteiger partial charge in [-0.2, -0.15) is 0 Å². The molecule has 2 aliphatic rings. The van der Waals surface area contributed by atoms with Gasteiger partial charge in [-0.1, -0.05) is 43.3 Å². The van der Waals surface area contributed by atoms with E-state index < -0.39 is 0 Å². The fraction of sp³-hybridized carbons (Fsp3) is 0.421. The number of likely N-dealkylation sites (tertiary alicyclic amines) is 1. The fourth-order valence-corrected chi connectivity index (χ4v) is 3.59. The number of benzene rings is 2. The highest BCUT2D eigenvalue weighted by atomic mass is 16.2.